The number of benzene rings is 1. The lowest BCUT2D eigenvalue weighted by atomic mass is 10.3. The third kappa shape index (κ3) is 2.39. The first-order valence-electron chi connectivity index (χ1n) is 5.13. The molecule has 0 aliphatic rings. The van der Waals surface area contributed by atoms with Gasteiger partial charge in [-0.2, -0.15) is 19.6 Å². The maximum atomic E-state index is 13.2. The molecule has 2 aromatic heterocycles. The quantitative estimate of drug-likeness (QED) is 0.681. The molecule has 0 aliphatic heterocycles. The summed E-state index contributed by atoms with van der Waals surface area (Å²) in [6.07, 6.45) is 1.34. The van der Waals surface area contributed by atoms with Crippen LogP contribution >= 0.6 is 23.4 Å². The molecule has 0 unspecified atom stereocenters. The number of hydrogen-bond donors (Lipinski definition) is 0. The minimum absolute atomic E-state index is 0.255. The highest BCUT2D eigenvalue weighted by Crippen LogP contribution is 2.29. The molecule has 0 amide bonds. The first-order valence-corrected chi connectivity index (χ1v) is 6.32. The molecule has 3 rings (SSSR count). The smallest absolute Gasteiger partial charge is 0.204 e. The first kappa shape index (κ1) is 12.3. The summed E-state index contributed by atoms with van der Waals surface area (Å²) in [5.74, 6) is -1.44. The Morgan fingerprint density at radius 2 is 2.00 bits per heavy atom. The Morgan fingerprint density at radius 1 is 1.16 bits per heavy atom. The number of hydrogen-bond acceptors (Lipinski definition) is 4. The van der Waals surface area contributed by atoms with Gasteiger partial charge in [-0.25, -0.2) is 8.78 Å². The minimum atomic E-state index is -0.903. The Hall–Kier alpha value is -1.73. The van der Waals surface area contributed by atoms with E-state index >= 15 is 0 Å². The highest BCUT2D eigenvalue weighted by molar-refractivity contribution is 7.99. The number of rotatable bonds is 2. The van der Waals surface area contributed by atoms with Crippen LogP contribution in [-0.4, -0.2) is 19.6 Å². The molecular weight excluding hydrogens is 294 g/mol. The van der Waals surface area contributed by atoms with Gasteiger partial charge in [0.1, 0.15) is 16.5 Å². The van der Waals surface area contributed by atoms with Crippen molar-refractivity contribution < 1.29 is 8.78 Å². The van der Waals surface area contributed by atoms with Crippen LogP contribution in [0, 0.1) is 11.6 Å². The summed E-state index contributed by atoms with van der Waals surface area (Å²) in [6, 6.07) is 5.23. The minimum Gasteiger partial charge on any atom is -0.204 e. The largest absolute Gasteiger partial charge is 0.254 e. The molecular formula is C11H5ClF2N4S. The summed E-state index contributed by atoms with van der Waals surface area (Å²) in [5.41, 5.74) is 0. The molecule has 0 N–H and O–H groups in total. The Balaban J connectivity index is 2.04. The van der Waals surface area contributed by atoms with Crippen molar-refractivity contribution in [2.75, 3.05) is 0 Å². The molecule has 3 aromatic rings. The lowest BCUT2D eigenvalue weighted by molar-refractivity contribution is 0.506. The molecule has 8 heteroatoms. The summed E-state index contributed by atoms with van der Waals surface area (Å²) in [6.45, 7) is 0. The van der Waals surface area contributed by atoms with Crippen molar-refractivity contribution in [3.05, 3.63) is 47.4 Å². The third-order valence-corrected chi connectivity index (χ3v) is 3.48. The van der Waals surface area contributed by atoms with E-state index in [1.807, 2.05) is 0 Å². The van der Waals surface area contributed by atoms with Crippen LogP contribution in [0.5, 0.6) is 0 Å². The topological polar surface area (TPSA) is 43.1 Å². The predicted molar refractivity (Wildman–Crippen MR) is 66.3 cm³/mol. The summed E-state index contributed by atoms with van der Waals surface area (Å²) in [4.78, 5) is 8.43. The fraction of sp³-hybridized carbons (Fsp3) is 0. The monoisotopic (exact) mass is 298 g/mol. The van der Waals surface area contributed by atoms with E-state index < -0.39 is 11.6 Å². The van der Waals surface area contributed by atoms with Gasteiger partial charge in [0.05, 0.1) is 0 Å². The number of fused-ring (bicyclic) bond motifs is 1. The Labute approximate surface area is 115 Å². The van der Waals surface area contributed by atoms with Crippen molar-refractivity contribution in [2.45, 2.75) is 9.92 Å². The maximum absolute atomic E-state index is 13.2. The summed E-state index contributed by atoms with van der Waals surface area (Å²) in [5, 5.41) is 4.86. The zero-order chi connectivity index (χ0) is 13.4. The second-order valence-corrected chi connectivity index (χ2v) is 5.05. The molecule has 0 fully saturated rings. The average Bonchev–Trinajstić information content (AvgIpc) is 2.82. The lowest BCUT2D eigenvalue weighted by Crippen LogP contribution is -1.95. The van der Waals surface area contributed by atoms with Crippen LogP contribution in [0.25, 0.3) is 5.78 Å². The molecule has 0 spiro atoms. The van der Waals surface area contributed by atoms with Gasteiger partial charge in [-0.05, 0) is 18.2 Å². The highest BCUT2D eigenvalue weighted by Gasteiger charge is 2.10. The van der Waals surface area contributed by atoms with E-state index in [9.17, 15) is 8.78 Å². The fourth-order valence-electron chi connectivity index (χ4n) is 1.49. The van der Waals surface area contributed by atoms with E-state index in [1.54, 1.807) is 6.07 Å². The lowest BCUT2D eigenvalue weighted by Gasteiger charge is -2.04. The predicted octanol–water partition coefficient (Wildman–Crippen LogP) is 3.21. The van der Waals surface area contributed by atoms with E-state index in [4.69, 9.17) is 11.6 Å². The van der Waals surface area contributed by atoms with Crippen molar-refractivity contribution in [3.63, 3.8) is 0 Å². The molecule has 0 saturated heterocycles. The van der Waals surface area contributed by atoms with Crippen LogP contribution in [-0.2, 0) is 0 Å². The van der Waals surface area contributed by atoms with Crippen molar-refractivity contribution >= 4 is 29.1 Å². The van der Waals surface area contributed by atoms with Gasteiger partial charge in [0.25, 0.3) is 5.78 Å². The molecule has 2 heterocycles. The summed E-state index contributed by atoms with van der Waals surface area (Å²) < 4.78 is 27.5. The number of nitrogens with zero attached hydrogens (tertiary/aromatic N) is 4. The van der Waals surface area contributed by atoms with Crippen LogP contribution < -0.4 is 0 Å². The van der Waals surface area contributed by atoms with Gasteiger partial charge in [-0.15, -0.1) is 0 Å². The van der Waals surface area contributed by atoms with E-state index in [1.165, 1.54) is 28.7 Å². The van der Waals surface area contributed by atoms with Gasteiger partial charge in [0.15, 0.2) is 11.6 Å². The van der Waals surface area contributed by atoms with Crippen LogP contribution in [0.2, 0.25) is 5.15 Å². The van der Waals surface area contributed by atoms with Gasteiger partial charge < -0.3 is 0 Å². The van der Waals surface area contributed by atoms with Gasteiger partial charge in [0, 0.05) is 11.0 Å². The van der Waals surface area contributed by atoms with E-state index in [2.05, 4.69) is 15.1 Å². The second-order valence-electron chi connectivity index (χ2n) is 3.57. The Morgan fingerprint density at radius 3 is 2.79 bits per heavy atom. The molecule has 0 saturated carbocycles. The zero-order valence-corrected chi connectivity index (χ0v) is 10.8. The van der Waals surface area contributed by atoms with E-state index in [-0.39, 0.29) is 5.15 Å². The van der Waals surface area contributed by atoms with Crippen molar-refractivity contribution in [2.24, 2.45) is 0 Å². The zero-order valence-electron chi connectivity index (χ0n) is 9.22. The van der Waals surface area contributed by atoms with E-state index in [0.717, 1.165) is 12.1 Å². The molecule has 0 radical (unpaired) electrons. The molecule has 19 heavy (non-hydrogen) atoms. The van der Waals surface area contributed by atoms with Gasteiger partial charge in [0.2, 0.25) is 0 Å². The van der Waals surface area contributed by atoms with Gasteiger partial charge >= 0.3 is 0 Å². The molecule has 0 bridgehead atoms. The summed E-state index contributed by atoms with van der Waals surface area (Å²) in [7, 11) is 0. The maximum Gasteiger partial charge on any atom is 0.254 e. The molecule has 96 valence electrons. The van der Waals surface area contributed by atoms with Gasteiger partial charge in [-0.1, -0.05) is 23.4 Å². The average molecular weight is 299 g/mol. The third-order valence-electron chi connectivity index (χ3n) is 2.30. The fourth-order valence-corrected chi connectivity index (χ4v) is 2.66. The molecule has 0 aliphatic carbocycles. The van der Waals surface area contributed by atoms with Crippen LogP contribution in [0.3, 0.4) is 0 Å². The van der Waals surface area contributed by atoms with Crippen molar-refractivity contribution in [3.8, 4) is 0 Å². The number of aromatic nitrogens is 4. The van der Waals surface area contributed by atoms with Crippen molar-refractivity contribution in [1.29, 1.82) is 0 Å². The summed E-state index contributed by atoms with van der Waals surface area (Å²) >= 11 is 7.05. The highest BCUT2D eigenvalue weighted by atomic mass is 35.5. The van der Waals surface area contributed by atoms with Crippen LogP contribution in [0.15, 0.2) is 40.5 Å². The van der Waals surface area contributed by atoms with Crippen LogP contribution in [0.4, 0.5) is 8.78 Å². The van der Waals surface area contributed by atoms with Crippen molar-refractivity contribution in [1.82, 2.24) is 19.6 Å². The standard InChI is InChI=1S/C11H5ClF2N4S/c12-9-4-10(18-11(17-9)15-5-16-18)19-6-1-2-7(13)8(14)3-6/h1-5H. The van der Waals surface area contributed by atoms with Crippen LogP contribution in [0.1, 0.15) is 0 Å². The molecule has 4 nitrogen and oxygen atoms in total. The Kier molecular flexibility index (Phi) is 3.08. The normalized spacial score (nSPS) is 11.1. The molecule has 0 atom stereocenters. The Bertz CT molecular complexity index is 762. The number of halogens is 3. The van der Waals surface area contributed by atoms with Gasteiger partial charge in [-0.3, -0.25) is 0 Å². The first-order chi connectivity index (χ1) is 9.13. The second kappa shape index (κ2) is 4.75. The van der Waals surface area contributed by atoms with E-state index in [0.29, 0.717) is 15.7 Å². The molecule has 1 aromatic carbocycles. The SMILES string of the molecule is Fc1ccc(Sc2cc(Cl)nc3ncnn23)cc1F.